The quantitative estimate of drug-likeness (QED) is 0.528. The summed E-state index contributed by atoms with van der Waals surface area (Å²) in [5.74, 6) is 0.779. The Morgan fingerprint density at radius 1 is 1.43 bits per heavy atom. The van der Waals surface area contributed by atoms with Crippen molar-refractivity contribution in [2.45, 2.75) is 41.5 Å². The molecule has 0 aliphatic carbocycles. The smallest absolute Gasteiger partial charge is 0.407 e. The Labute approximate surface area is 177 Å². The second-order valence-electron chi connectivity index (χ2n) is 7.15. The lowest BCUT2D eigenvalue weighted by Gasteiger charge is -2.38. The highest BCUT2D eigenvalue weighted by molar-refractivity contribution is 8.02. The Balaban J connectivity index is 1.47. The van der Waals surface area contributed by atoms with Gasteiger partial charge in [0.05, 0.1) is 28.4 Å². The molecule has 1 unspecified atom stereocenters. The molecule has 0 bridgehead atoms. The first-order valence-corrected chi connectivity index (χ1v) is 10.7. The highest BCUT2D eigenvalue weighted by atomic mass is 35.5. The first kappa shape index (κ1) is 20.9. The van der Waals surface area contributed by atoms with Crippen LogP contribution in [0.3, 0.4) is 0 Å². The van der Waals surface area contributed by atoms with Gasteiger partial charge in [0.1, 0.15) is 10.6 Å². The molecule has 1 saturated heterocycles. The molecular formula is C18H22ClN5O2S2. The number of hydrogen-bond donors (Lipinski definition) is 2. The Morgan fingerprint density at radius 3 is 2.82 bits per heavy atom. The molecule has 0 radical (unpaired) electrons. The molecule has 1 aliphatic heterocycles. The number of ether oxygens (including phenoxy) is 1. The van der Waals surface area contributed by atoms with Gasteiger partial charge in [-0.05, 0) is 44.9 Å². The van der Waals surface area contributed by atoms with Gasteiger partial charge in [-0.3, -0.25) is 4.31 Å². The molecule has 1 atom stereocenters. The third kappa shape index (κ3) is 5.59. The van der Waals surface area contributed by atoms with E-state index in [1.54, 1.807) is 30.4 Å². The Morgan fingerprint density at radius 2 is 2.18 bits per heavy atom. The lowest BCUT2D eigenvalue weighted by Crippen LogP contribution is -2.46. The van der Waals surface area contributed by atoms with Crippen LogP contribution in [0.15, 0.2) is 40.5 Å². The number of amides is 1. The van der Waals surface area contributed by atoms with Gasteiger partial charge in [0.2, 0.25) is 0 Å². The number of carbonyl (C=O) groups excluding carboxylic acids is 1. The summed E-state index contributed by atoms with van der Waals surface area (Å²) in [7, 11) is 0. The van der Waals surface area contributed by atoms with E-state index in [1.807, 2.05) is 37.2 Å². The van der Waals surface area contributed by atoms with Gasteiger partial charge >= 0.3 is 6.09 Å². The van der Waals surface area contributed by atoms with Gasteiger partial charge in [0.15, 0.2) is 5.82 Å². The zero-order valence-corrected chi connectivity index (χ0v) is 18.2. The zero-order chi connectivity index (χ0) is 20.3. The van der Waals surface area contributed by atoms with E-state index in [-0.39, 0.29) is 5.25 Å². The van der Waals surface area contributed by atoms with Gasteiger partial charge in [0.25, 0.3) is 0 Å². The van der Waals surface area contributed by atoms with E-state index in [1.165, 1.54) is 11.8 Å². The average molecular weight is 440 g/mol. The number of anilines is 2. The van der Waals surface area contributed by atoms with Crippen molar-refractivity contribution in [2.75, 3.05) is 23.1 Å². The number of alkyl carbamates (subject to hydrolysis) is 1. The van der Waals surface area contributed by atoms with Crippen LogP contribution in [0.5, 0.6) is 0 Å². The number of hydrogen-bond acceptors (Lipinski definition) is 8. The minimum atomic E-state index is -0.492. The molecular weight excluding hydrogens is 418 g/mol. The van der Waals surface area contributed by atoms with Gasteiger partial charge in [-0.15, -0.1) is 0 Å². The molecule has 10 heteroatoms. The number of benzene rings is 1. The fourth-order valence-corrected chi connectivity index (χ4v) is 4.30. The molecule has 3 rings (SSSR count). The maximum Gasteiger partial charge on any atom is 0.407 e. The van der Waals surface area contributed by atoms with Crippen molar-refractivity contribution in [1.29, 1.82) is 0 Å². The summed E-state index contributed by atoms with van der Waals surface area (Å²) >= 11 is 9.25. The van der Waals surface area contributed by atoms with E-state index in [2.05, 4.69) is 15.3 Å². The van der Waals surface area contributed by atoms with Crippen molar-refractivity contribution < 1.29 is 9.53 Å². The predicted octanol–water partition coefficient (Wildman–Crippen LogP) is 4.22. The highest BCUT2D eigenvalue weighted by Gasteiger charge is 2.30. The third-order valence-corrected chi connectivity index (χ3v) is 6.31. The van der Waals surface area contributed by atoms with Crippen LogP contribution >= 0.6 is 35.3 Å². The van der Waals surface area contributed by atoms with Crippen molar-refractivity contribution >= 4 is 52.9 Å². The molecule has 1 amide bonds. The largest absolute Gasteiger partial charge is 0.444 e. The Hall–Kier alpha value is -1.84. The van der Waals surface area contributed by atoms with Gasteiger partial charge in [0, 0.05) is 18.0 Å². The minimum Gasteiger partial charge on any atom is -0.444 e. The lowest BCUT2D eigenvalue weighted by atomic mass is 10.2. The zero-order valence-electron chi connectivity index (χ0n) is 15.8. The monoisotopic (exact) mass is 439 g/mol. The minimum absolute atomic E-state index is 0.287. The summed E-state index contributed by atoms with van der Waals surface area (Å²) in [6.45, 7) is 6.85. The van der Waals surface area contributed by atoms with Gasteiger partial charge in [-0.2, -0.15) is 0 Å². The number of aromatic nitrogens is 2. The molecule has 2 aromatic rings. The van der Waals surface area contributed by atoms with E-state index in [4.69, 9.17) is 22.1 Å². The van der Waals surface area contributed by atoms with Crippen molar-refractivity contribution in [3.63, 3.8) is 0 Å². The topological polar surface area (TPSA) is 93.4 Å². The third-order valence-electron chi connectivity index (χ3n) is 3.60. The lowest BCUT2D eigenvalue weighted by molar-refractivity contribution is 0.0528. The maximum absolute atomic E-state index is 11.7. The molecule has 1 aromatic heterocycles. The summed E-state index contributed by atoms with van der Waals surface area (Å²) in [5, 5.41) is 4.34. The van der Waals surface area contributed by atoms with E-state index >= 15 is 0 Å². The van der Waals surface area contributed by atoms with E-state index in [0.717, 1.165) is 22.3 Å². The normalized spacial score (nSPS) is 16.4. The van der Waals surface area contributed by atoms with Crippen LogP contribution in [0.4, 0.5) is 16.3 Å². The first-order valence-electron chi connectivity index (χ1n) is 8.66. The second kappa shape index (κ2) is 8.67. The number of nitrogen functional groups attached to an aromatic ring is 1. The molecule has 3 N–H and O–H groups in total. The number of carbonyl (C=O) groups is 1. The molecule has 0 spiro atoms. The number of nitrogens with two attached hydrogens (primary N) is 1. The van der Waals surface area contributed by atoms with Crippen LogP contribution in [0.1, 0.15) is 20.8 Å². The van der Waals surface area contributed by atoms with E-state index < -0.39 is 11.7 Å². The van der Waals surface area contributed by atoms with Gasteiger partial charge in [-0.1, -0.05) is 29.4 Å². The average Bonchev–Trinajstić information content (AvgIpc) is 2.57. The molecule has 1 aliphatic rings. The summed E-state index contributed by atoms with van der Waals surface area (Å²) in [5.41, 5.74) is 5.87. The van der Waals surface area contributed by atoms with Crippen LogP contribution < -0.4 is 15.4 Å². The van der Waals surface area contributed by atoms with Crippen LogP contribution in [-0.2, 0) is 4.74 Å². The van der Waals surface area contributed by atoms with Crippen LogP contribution in [0, 0.1) is 0 Å². The molecule has 28 heavy (non-hydrogen) atoms. The summed E-state index contributed by atoms with van der Waals surface area (Å²) in [4.78, 5) is 21.4. The van der Waals surface area contributed by atoms with Crippen molar-refractivity contribution in [2.24, 2.45) is 0 Å². The van der Waals surface area contributed by atoms with Crippen LogP contribution in [-0.4, -0.2) is 40.0 Å². The maximum atomic E-state index is 11.7. The molecule has 1 fully saturated rings. The van der Waals surface area contributed by atoms with Gasteiger partial charge in [-0.25, -0.2) is 14.8 Å². The first-order chi connectivity index (χ1) is 13.2. The fraction of sp³-hybridized carbons (Fsp3) is 0.389. The predicted molar refractivity (Wildman–Crippen MR) is 115 cm³/mol. The van der Waals surface area contributed by atoms with E-state index in [9.17, 15) is 4.79 Å². The molecule has 2 heterocycles. The molecule has 150 valence electrons. The molecule has 1 aromatic carbocycles. The molecule has 7 nitrogen and oxygen atoms in total. The van der Waals surface area contributed by atoms with E-state index in [0.29, 0.717) is 17.3 Å². The highest BCUT2D eigenvalue weighted by Crippen LogP contribution is 2.37. The van der Waals surface area contributed by atoms with Crippen LogP contribution in [0.25, 0.3) is 0 Å². The van der Waals surface area contributed by atoms with Crippen molar-refractivity contribution in [3.05, 3.63) is 35.6 Å². The fourth-order valence-electron chi connectivity index (χ4n) is 2.33. The number of nitrogens with zero attached hydrogens (tertiary/aromatic N) is 3. The number of rotatable bonds is 5. The van der Waals surface area contributed by atoms with Crippen LogP contribution in [0.2, 0.25) is 5.02 Å². The number of nitrogens with one attached hydrogen (secondary N) is 1. The van der Waals surface area contributed by atoms with Crippen molar-refractivity contribution in [3.8, 4) is 0 Å². The summed E-state index contributed by atoms with van der Waals surface area (Å²) in [6.07, 6.45) is 3.05. The second-order valence-corrected chi connectivity index (χ2v) is 9.90. The Bertz CT molecular complexity index is 839. The van der Waals surface area contributed by atoms with Crippen molar-refractivity contribution in [1.82, 2.24) is 15.3 Å². The number of halogens is 1. The SMILES string of the molecule is CC(C)(C)OC(=O)NCC1CN(c2cnc(Sc3cccc(N)c3Cl)cn2)S1. The summed E-state index contributed by atoms with van der Waals surface area (Å²) in [6, 6.07) is 5.51. The van der Waals surface area contributed by atoms with Gasteiger partial charge < -0.3 is 15.8 Å². The Kier molecular flexibility index (Phi) is 6.47. The molecule has 0 saturated carbocycles. The standard InChI is InChI=1S/C18H22ClN5O2S2/c1-18(2,3)26-17(25)23-7-11-10-24(28-11)14-8-22-15(9-21-14)27-13-6-4-5-12(20)16(13)19/h4-6,8-9,11H,7,10,20H2,1-3H3,(H,23,25). The summed E-state index contributed by atoms with van der Waals surface area (Å²) < 4.78 is 7.27.